The molecule has 2 N–H and O–H groups in total. The number of amides is 1. The highest BCUT2D eigenvalue weighted by atomic mass is 32.2. The van der Waals surface area contributed by atoms with Crippen molar-refractivity contribution < 1.29 is 4.79 Å². The molecule has 0 spiro atoms. The highest BCUT2D eigenvalue weighted by Gasteiger charge is 2.12. The van der Waals surface area contributed by atoms with E-state index in [9.17, 15) is 4.79 Å². The topological polar surface area (TPSA) is 44.4 Å². The summed E-state index contributed by atoms with van der Waals surface area (Å²) in [6, 6.07) is -0.0887. The summed E-state index contributed by atoms with van der Waals surface area (Å²) in [7, 11) is 1.67. The second-order valence-electron chi connectivity index (χ2n) is 3.74. The van der Waals surface area contributed by atoms with Gasteiger partial charge in [-0.25, -0.2) is 0 Å². The third kappa shape index (κ3) is 4.86. The van der Waals surface area contributed by atoms with E-state index in [4.69, 9.17) is 0 Å². The third-order valence-electron chi connectivity index (χ3n) is 2.62. The number of hydrogen-bond acceptors (Lipinski definition) is 4. The zero-order chi connectivity index (χ0) is 11.1. The van der Waals surface area contributed by atoms with Gasteiger partial charge in [0.25, 0.3) is 0 Å². The maximum absolute atomic E-state index is 11.2. The zero-order valence-electron chi connectivity index (χ0n) is 9.58. The van der Waals surface area contributed by atoms with Crippen LogP contribution in [0.1, 0.15) is 6.92 Å². The highest BCUT2D eigenvalue weighted by molar-refractivity contribution is 7.99. The molecule has 0 radical (unpaired) electrons. The molecule has 1 unspecified atom stereocenters. The molecule has 88 valence electrons. The van der Waals surface area contributed by atoms with Gasteiger partial charge < -0.3 is 15.5 Å². The Labute approximate surface area is 96.2 Å². The Hall–Kier alpha value is -0.260. The third-order valence-corrected chi connectivity index (χ3v) is 3.56. The summed E-state index contributed by atoms with van der Waals surface area (Å²) in [5.74, 6) is 2.54. The summed E-state index contributed by atoms with van der Waals surface area (Å²) in [4.78, 5) is 13.6. The molecule has 0 saturated carbocycles. The largest absolute Gasteiger partial charge is 0.358 e. The van der Waals surface area contributed by atoms with Gasteiger partial charge >= 0.3 is 0 Å². The van der Waals surface area contributed by atoms with Crippen LogP contribution in [-0.4, -0.2) is 61.6 Å². The fraction of sp³-hybridized carbons (Fsp3) is 0.900. The van der Waals surface area contributed by atoms with Crippen LogP contribution in [0, 0.1) is 0 Å². The molecule has 1 rings (SSSR count). The van der Waals surface area contributed by atoms with Gasteiger partial charge in [0.1, 0.15) is 0 Å². The van der Waals surface area contributed by atoms with Crippen LogP contribution in [0.25, 0.3) is 0 Å². The van der Waals surface area contributed by atoms with E-state index in [0.717, 1.165) is 13.1 Å². The molecule has 15 heavy (non-hydrogen) atoms. The number of nitrogens with zero attached hydrogens (tertiary/aromatic N) is 1. The van der Waals surface area contributed by atoms with Crippen LogP contribution >= 0.6 is 11.8 Å². The number of thioether (sulfide) groups is 1. The van der Waals surface area contributed by atoms with Gasteiger partial charge in [0.2, 0.25) is 5.91 Å². The molecule has 0 bridgehead atoms. The van der Waals surface area contributed by atoms with Gasteiger partial charge in [-0.1, -0.05) is 0 Å². The minimum absolute atomic E-state index is 0.0594. The molecular weight excluding hydrogens is 210 g/mol. The van der Waals surface area contributed by atoms with Gasteiger partial charge in [-0.15, -0.1) is 0 Å². The predicted octanol–water partition coefficient (Wildman–Crippen LogP) is -0.241. The lowest BCUT2D eigenvalue weighted by atomic mass is 10.3. The second kappa shape index (κ2) is 7.09. The first-order chi connectivity index (χ1) is 7.24. The average molecular weight is 231 g/mol. The molecule has 1 aliphatic rings. The Morgan fingerprint density at radius 1 is 1.47 bits per heavy atom. The molecule has 4 nitrogen and oxygen atoms in total. The summed E-state index contributed by atoms with van der Waals surface area (Å²) in [6.45, 7) is 6.19. The molecule has 1 aliphatic heterocycles. The lowest BCUT2D eigenvalue weighted by Gasteiger charge is -2.26. The van der Waals surface area contributed by atoms with Crippen LogP contribution in [0.5, 0.6) is 0 Å². The van der Waals surface area contributed by atoms with E-state index in [1.807, 2.05) is 18.7 Å². The minimum atomic E-state index is -0.0887. The van der Waals surface area contributed by atoms with E-state index in [0.29, 0.717) is 0 Å². The molecule has 1 fully saturated rings. The number of carbonyl (C=O) groups excluding carboxylic acids is 1. The summed E-state index contributed by atoms with van der Waals surface area (Å²) in [6.07, 6.45) is 0. The van der Waals surface area contributed by atoms with E-state index in [2.05, 4.69) is 15.5 Å². The highest BCUT2D eigenvalue weighted by Crippen LogP contribution is 2.07. The standard InChI is InChI=1S/C10H21N3OS/c1-9(10(14)11-2)12-3-4-13-5-7-15-8-6-13/h9,12H,3-8H2,1-2H3,(H,11,14). The van der Waals surface area contributed by atoms with Crippen LogP contribution in [0.3, 0.4) is 0 Å². The van der Waals surface area contributed by atoms with Crippen molar-refractivity contribution in [2.45, 2.75) is 13.0 Å². The van der Waals surface area contributed by atoms with Crippen molar-refractivity contribution in [3.63, 3.8) is 0 Å². The van der Waals surface area contributed by atoms with Gasteiger partial charge in [-0.3, -0.25) is 4.79 Å². The monoisotopic (exact) mass is 231 g/mol. The van der Waals surface area contributed by atoms with E-state index in [1.54, 1.807) is 7.05 Å². The molecule has 1 atom stereocenters. The Balaban J connectivity index is 2.07. The first-order valence-corrected chi connectivity index (χ1v) is 6.64. The zero-order valence-corrected chi connectivity index (χ0v) is 10.4. The van der Waals surface area contributed by atoms with E-state index in [1.165, 1.54) is 24.6 Å². The van der Waals surface area contributed by atoms with Crippen molar-refractivity contribution in [3.8, 4) is 0 Å². The Kier molecular flexibility index (Phi) is 6.05. The fourth-order valence-electron chi connectivity index (χ4n) is 1.57. The molecule has 1 saturated heterocycles. The number of carbonyl (C=O) groups is 1. The van der Waals surface area contributed by atoms with Crippen molar-refractivity contribution in [2.75, 3.05) is 44.7 Å². The maximum Gasteiger partial charge on any atom is 0.236 e. The SMILES string of the molecule is CNC(=O)C(C)NCCN1CCSCC1. The van der Waals surface area contributed by atoms with Crippen molar-refractivity contribution in [1.82, 2.24) is 15.5 Å². The lowest BCUT2D eigenvalue weighted by molar-refractivity contribution is -0.122. The first kappa shape index (κ1) is 12.8. The van der Waals surface area contributed by atoms with Crippen LogP contribution in [0.15, 0.2) is 0 Å². The summed E-state index contributed by atoms with van der Waals surface area (Å²) < 4.78 is 0. The van der Waals surface area contributed by atoms with Gasteiger partial charge in [-0.05, 0) is 6.92 Å². The van der Waals surface area contributed by atoms with Gasteiger partial charge in [-0.2, -0.15) is 11.8 Å². The van der Waals surface area contributed by atoms with Crippen molar-refractivity contribution >= 4 is 17.7 Å². The molecule has 1 heterocycles. The van der Waals surface area contributed by atoms with Gasteiger partial charge in [0.05, 0.1) is 6.04 Å². The molecular formula is C10H21N3OS. The molecule has 5 heteroatoms. The van der Waals surface area contributed by atoms with E-state index < -0.39 is 0 Å². The van der Waals surface area contributed by atoms with Crippen LogP contribution < -0.4 is 10.6 Å². The van der Waals surface area contributed by atoms with Crippen LogP contribution in [-0.2, 0) is 4.79 Å². The normalized spacial score (nSPS) is 19.9. The lowest BCUT2D eigenvalue weighted by Crippen LogP contribution is -2.45. The minimum Gasteiger partial charge on any atom is -0.358 e. The fourth-order valence-corrected chi connectivity index (χ4v) is 2.55. The Bertz CT molecular complexity index is 195. The number of nitrogens with one attached hydrogen (secondary N) is 2. The first-order valence-electron chi connectivity index (χ1n) is 5.49. The van der Waals surface area contributed by atoms with Gasteiger partial charge in [0.15, 0.2) is 0 Å². The van der Waals surface area contributed by atoms with Crippen LogP contribution in [0.2, 0.25) is 0 Å². The quantitative estimate of drug-likeness (QED) is 0.685. The number of hydrogen-bond donors (Lipinski definition) is 2. The Morgan fingerprint density at radius 2 is 2.13 bits per heavy atom. The van der Waals surface area contributed by atoms with Crippen LogP contribution in [0.4, 0.5) is 0 Å². The smallest absolute Gasteiger partial charge is 0.236 e. The summed E-state index contributed by atoms with van der Waals surface area (Å²) in [5, 5.41) is 5.85. The van der Waals surface area contributed by atoms with E-state index >= 15 is 0 Å². The summed E-state index contributed by atoms with van der Waals surface area (Å²) in [5.41, 5.74) is 0. The second-order valence-corrected chi connectivity index (χ2v) is 4.97. The number of rotatable bonds is 5. The van der Waals surface area contributed by atoms with E-state index in [-0.39, 0.29) is 11.9 Å². The molecule has 1 amide bonds. The van der Waals surface area contributed by atoms with Gasteiger partial charge in [0, 0.05) is 44.7 Å². The average Bonchev–Trinajstić information content (AvgIpc) is 2.29. The van der Waals surface area contributed by atoms with Crippen molar-refractivity contribution in [3.05, 3.63) is 0 Å². The summed E-state index contributed by atoms with van der Waals surface area (Å²) >= 11 is 2.02. The maximum atomic E-state index is 11.2. The number of likely N-dealkylation sites (N-methyl/N-ethyl adjacent to an activating group) is 1. The molecule has 0 aromatic rings. The Morgan fingerprint density at radius 3 is 2.73 bits per heavy atom. The van der Waals surface area contributed by atoms with Crippen molar-refractivity contribution in [1.29, 1.82) is 0 Å². The molecule has 0 aromatic carbocycles. The predicted molar refractivity (Wildman–Crippen MR) is 65.3 cm³/mol. The molecule has 0 aliphatic carbocycles. The van der Waals surface area contributed by atoms with Crippen molar-refractivity contribution in [2.24, 2.45) is 0 Å². The molecule has 0 aromatic heterocycles.